The predicted octanol–water partition coefficient (Wildman–Crippen LogP) is 0.554. The van der Waals surface area contributed by atoms with Crippen molar-refractivity contribution in [3.8, 4) is 0 Å². The smallest absolute Gasteiger partial charge is 0.296 e. The van der Waals surface area contributed by atoms with Crippen molar-refractivity contribution < 1.29 is 8.42 Å². The molecule has 1 aromatic carbocycles. The fraction of sp³-hybridized carbons (Fsp3) is 0.400. The van der Waals surface area contributed by atoms with Crippen molar-refractivity contribution in [2.75, 3.05) is 4.72 Å². The number of hydrogen-bond acceptors (Lipinski definition) is 3. The van der Waals surface area contributed by atoms with E-state index in [0.717, 1.165) is 12.1 Å². The number of benzene rings is 1. The monoisotopic (exact) mass is 241 g/mol. The summed E-state index contributed by atoms with van der Waals surface area (Å²) in [5, 5.41) is 8.25. The summed E-state index contributed by atoms with van der Waals surface area (Å²) >= 11 is 0. The minimum Gasteiger partial charge on any atom is -0.310 e. The van der Waals surface area contributed by atoms with Crippen LogP contribution in [0.1, 0.15) is 18.4 Å². The van der Waals surface area contributed by atoms with Gasteiger partial charge in [-0.05, 0) is 30.5 Å². The molecule has 2 rings (SSSR count). The summed E-state index contributed by atoms with van der Waals surface area (Å²) in [4.78, 5) is 0. The molecule has 0 radical (unpaired) electrons. The Morgan fingerprint density at radius 2 is 2.12 bits per heavy atom. The summed E-state index contributed by atoms with van der Waals surface area (Å²) in [6.45, 7) is 0.755. The van der Waals surface area contributed by atoms with Crippen LogP contribution in [0.2, 0.25) is 0 Å². The van der Waals surface area contributed by atoms with Crippen molar-refractivity contribution in [2.45, 2.75) is 25.4 Å². The van der Waals surface area contributed by atoms with Crippen LogP contribution in [0.25, 0.3) is 0 Å². The van der Waals surface area contributed by atoms with Gasteiger partial charge in [-0.2, -0.15) is 8.42 Å². The molecule has 0 amide bonds. The molecule has 1 saturated carbocycles. The quantitative estimate of drug-likeness (QED) is 0.704. The first-order chi connectivity index (χ1) is 7.53. The molecule has 6 heteroatoms. The first-order valence-corrected chi connectivity index (χ1v) is 6.70. The molecule has 0 bridgehead atoms. The molecule has 0 aliphatic heterocycles. The lowest BCUT2D eigenvalue weighted by atomic mass is 10.2. The summed E-state index contributed by atoms with van der Waals surface area (Å²) in [6.07, 6.45) is 2.46. The van der Waals surface area contributed by atoms with Crippen molar-refractivity contribution in [3.63, 3.8) is 0 Å². The molecule has 0 spiro atoms. The maximum Gasteiger partial charge on any atom is 0.296 e. The molecule has 1 fully saturated rings. The Bertz CT molecular complexity index is 469. The maximum absolute atomic E-state index is 10.8. The third kappa shape index (κ3) is 3.80. The van der Waals surface area contributed by atoms with E-state index in [4.69, 9.17) is 5.14 Å². The van der Waals surface area contributed by atoms with Crippen LogP contribution >= 0.6 is 0 Å². The van der Waals surface area contributed by atoms with Gasteiger partial charge in [0.2, 0.25) is 0 Å². The molecular formula is C10H15N3O2S. The van der Waals surface area contributed by atoms with E-state index in [-0.39, 0.29) is 0 Å². The second-order valence-corrected chi connectivity index (χ2v) is 5.30. The first kappa shape index (κ1) is 11.4. The Labute approximate surface area is 95.2 Å². The molecular weight excluding hydrogens is 226 g/mol. The minimum atomic E-state index is -3.68. The van der Waals surface area contributed by atoms with Crippen LogP contribution in [0.4, 0.5) is 5.69 Å². The van der Waals surface area contributed by atoms with E-state index in [2.05, 4.69) is 10.0 Å². The molecule has 1 aliphatic rings. The maximum atomic E-state index is 10.8. The number of rotatable bonds is 5. The predicted molar refractivity (Wildman–Crippen MR) is 63.0 cm³/mol. The highest BCUT2D eigenvalue weighted by atomic mass is 32.2. The molecule has 0 heterocycles. The Morgan fingerprint density at radius 3 is 2.75 bits per heavy atom. The van der Waals surface area contributed by atoms with Crippen LogP contribution in [0.3, 0.4) is 0 Å². The molecule has 1 aromatic rings. The van der Waals surface area contributed by atoms with Crippen molar-refractivity contribution >= 4 is 15.9 Å². The topological polar surface area (TPSA) is 84.2 Å². The zero-order valence-electron chi connectivity index (χ0n) is 8.81. The fourth-order valence-electron chi connectivity index (χ4n) is 1.46. The molecule has 0 saturated heterocycles. The van der Waals surface area contributed by atoms with E-state index in [1.54, 1.807) is 18.2 Å². The molecule has 1 aliphatic carbocycles. The van der Waals surface area contributed by atoms with Crippen LogP contribution in [0.15, 0.2) is 24.3 Å². The van der Waals surface area contributed by atoms with E-state index >= 15 is 0 Å². The lowest BCUT2D eigenvalue weighted by Crippen LogP contribution is -2.22. The zero-order chi connectivity index (χ0) is 11.6. The summed E-state index contributed by atoms with van der Waals surface area (Å²) in [5.74, 6) is 0. The molecule has 16 heavy (non-hydrogen) atoms. The van der Waals surface area contributed by atoms with Crippen molar-refractivity contribution in [2.24, 2.45) is 5.14 Å². The van der Waals surface area contributed by atoms with Crippen molar-refractivity contribution in [1.82, 2.24) is 5.32 Å². The van der Waals surface area contributed by atoms with E-state index in [1.165, 1.54) is 12.8 Å². The first-order valence-electron chi connectivity index (χ1n) is 5.16. The molecule has 4 N–H and O–H groups in total. The highest BCUT2D eigenvalue weighted by Gasteiger charge is 2.19. The zero-order valence-corrected chi connectivity index (χ0v) is 9.63. The van der Waals surface area contributed by atoms with Gasteiger partial charge < -0.3 is 5.32 Å². The second-order valence-electron chi connectivity index (χ2n) is 4.00. The summed E-state index contributed by atoms with van der Waals surface area (Å²) in [5.41, 5.74) is 1.54. The Morgan fingerprint density at radius 1 is 1.38 bits per heavy atom. The minimum absolute atomic E-state index is 0.498. The highest BCUT2D eigenvalue weighted by Crippen LogP contribution is 2.19. The van der Waals surface area contributed by atoms with Gasteiger partial charge in [0.1, 0.15) is 0 Å². The number of hydrogen-bond donors (Lipinski definition) is 3. The van der Waals surface area contributed by atoms with Gasteiger partial charge >= 0.3 is 0 Å². The number of nitrogens with two attached hydrogens (primary N) is 1. The van der Waals surface area contributed by atoms with E-state index in [9.17, 15) is 8.42 Å². The lowest BCUT2D eigenvalue weighted by Gasteiger charge is -2.07. The summed E-state index contributed by atoms with van der Waals surface area (Å²) < 4.78 is 23.9. The van der Waals surface area contributed by atoms with Gasteiger partial charge in [-0.3, -0.25) is 4.72 Å². The van der Waals surface area contributed by atoms with Gasteiger partial charge in [0.15, 0.2) is 0 Å². The number of anilines is 1. The molecule has 5 nitrogen and oxygen atoms in total. The molecule has 0 unspecified atom stereocenters. The van der Waals surface area contributed by atoms with Crippen LogP contribution < -0.4 is 15.2 Å². The average molecular weight is 241 g/mol. The van der Waals surface area contributed by atoms with Gasteiger partial charge in [0, 0.05) is 12.6 Å². The van der Waals surface area contributed by atoms with Gasteiger partial charge in [0.05, 0.1) is 5.69 Å². The summed E-state index contributed by atoms with van der Waals surface area (Å²) in [7, 11) is -3.68. The average Bonchev–Trinajstić information content (AvgIpc) is 2.96. The Hall–Kier alpha value is -1.11. The lowest BCUT2D eigenvalue weighted by molar-refractivity contribution is 0.603. The van der Waals surface area contributed by atoms with Crippen LogP contribution in [0, 0.1) is 0 Å². The van der Waals surface area contributed by atoms with Crippen LogP contribution in [-0.4, -0.2) is 14.5 Å². The molecule has 0 aromatic heterocycles. The van der Waals surface area contributed by atoms with Crippen LogP contribution in [0.5, 0.6) is 0 Å². The standard InChI is InChI=1S/C10H15N3O2S/c11-16(14,15)13-10-3-1-2-8(6-10)7-12-9-4-5-9/h1-3,6,9,12-13H,4-5,7H2,(H2,11,14,15). The SMILES string of the molecule is NS(=O)(=O)Nc1cccc(CNC2CC2)c1. The van der Waals surface area contributed by atoms with Gasteiger partial charge in [-0.25, -0.2) is 5.14 Å². The third-order valence-electron chi connectivity index (χ3n) is 2.36. The van der Waals surface area contributed by atoms with Crippen molar-refractivity contribution in [3.05, 3.63) is 29.8 Å². The van der Waals surface area contributed by atoms with E-state index < -0.39 is 10.2 Å². The van der Waals surface area contributed by atoms with E-state index in [1.807, 2.05) is 6.07 Å². The van der Waals surface area contributed by atoms with Gasteiger partial charge in [0.25, 0.3) is 10.2 Å². The van der Waals surface area contributed by atoms with Gasteiger partial charge in [-0.15, -0.1) is 0 Å². The van der Waals surface area contributed by atoms with E-state index in [0.29, 0.717) is 11.7 Å². The second kappa shape index (κ2) is 4.40. The Balaban J connectivity index is 2.00. The summed E-state index contributed by atoms with van der Waals surface area (Å²) in [6, 6.07) is 7.83. The molecule has 0 atom stereocenters. The largest absolute Gasteiger partial charge is 0.310 e. The molecule has 88 valence electrons. The third-order valence-corrected chi connectivity index (χ3v) is 2.88. The highest BCUT2D eigenvalue weighted by molar-refractivity contribution is 7.90. The van der Waals surface area contributed by atoms with Crippen molar-refractivity contribution in [1.29, 1.82) is 0 Å². The van der Waals surface area contributed by atoms with Crippen LogP contribution in [-0.2, 0) is 16.8 Å². The normalized spacial score (nSPS) is 16.1. The fourth-order valence-corrected chi connectivity index (χ4v) is 1.91. The Kier molecular flexibility index (Phi) is 3.13. The number of nitrogens with one attached hydrogen (secondary N) is 2. The van der Waals surface area contributed by atoms with Gasteiger partial charge in [-0.1, -0.05) is 12.1 Å².